The van der Waals surface area contributed by atoms with E-state index in [1.807, 2.05) is 29.2 Å². The number of likely N-dealkylation sites (tertiary alicyclic amines) is 1. The number of aromatic amines is 1. The second-order valence-electron chi connectivity index (χ2n) is 6.99. The molecule has 1 saturated heterocycles. The number of carboxylic acid groups (broad SMARTS) is 1. The minimum Gasteiger partial charge on any atom is -0.508 e. The molecule has 156 valence electrons. The Morgan fingerprint density at radius 2 is 1.90 bits per heavy atom. The van der Waals surface area contributed by atoms with Crippen molar-refractivity contribution in [2.75, 3.05) is 13.1 Å². The van der Waals surface area contributed by atoms with Crippen molar-refractivity contribution in [1.29, 1.82) is 0 Å². The molecule has 30 heavy (non-hydrogen) atoms. The number of rotatable bonds is 5. The van der Waals surface area contributed by atoms with E-state index in [0.717, 1.165) is 31.5 Å². The van der Waals surface area contributed by atoms with Crippen LogP contribution in [0.1, 0.15) is 17.8 Å². The highest BCUT2D eigenvalue weighted by molar-refractivity contribution is 5.78. The van der Waals surface area contributed by atoms with Crippen LogP contribution in [-0.2, 0) is 22.4 Å². The predicted molar refractivity (Wildman–Crippen MR) is 109 cm³/mol. The summed E-state index contributed by atoms with van der Waals surface area (Å²) in [6.45, 7) is 1.28. The Labute approximate surface area is 173 Å². The number of pyridine rings is 1. The van der Waals surface area contributed by atoms with Crippen molar-refractivity contribution < 1.29 is 19.8 Å². The van der Waals surface area contributed by atoms with Crippen LogP contribution in [0, 0.1) is 5.92 Å². The van der Waals surface area contributed by atoms with Crippen LogP contribution in [0.5, 0.6) is 5.75 Å². The average Bonchev–Trinajstić information content (AvgIpc) is 3.41. The third-order valence-corrected chi connectivity index (χ3v) is 4.89. The maximum Gasteiger partial charge on any atom is 0.290 e. The van der Waals surface area contributed by atoms with Gasteiger partial charge >= 0.3 is 0 Å². The van der Waals surface area contributed by atoms with Crippen LogP contribution in [0.2, 0.25) is 0 Å². The van der Waals surface area contributed by atoms with Crippen molar-refractivity contribution in [1.82, 2.24) is 25.1 Å². The number of hydrogen-bond acceptors (Lipinski definition) is 6. The van der Waals surface area contributed by atoms with Crippen LogP contribution in [0.25, 0.3) is 11.4 Å². The van der Waals surface area contributed by atoms with Crippen molar-refractivity contribution in [3.05, 3.63) is 60.2 Å². The van der Waals surface area contributed by atoms with E-state index in [2.05, 4.69) is 20.2 Å². The number of H-pyrrole nitrogens is 1. The molecule has 0 radical (unpaired) electrons. The Morgan fingerprint density at radius 1 is 1.20 bits per heavy atom. The summed E-state index contributed by atoms with van der Waals surface area (Å²) < 4.78 is 0. The van der Waals surface area contributed by atoms with E-state index in [1.54, 1.807) is 24.5 Å². The van der Waals surface area contributed by atoms with Gasteiger partial charge in [0.1, 0.15) is 11.6 Å². The number of benzene rings is 1. The molecule has 1 aliphatic rings. The summed E-state index contributed by atoms with van der Waals surface area (Å²) in [6, 6.07) is 11.0. The Hall–Kier alpha value is -3.75. The number of aromatic hydroxyl groups is 1. The summed E-state index contributed by atoms with van der Waals surface area (Å²) in [4.78, 5) is 31.3. The van der Waals surface area contributed by atoms with Gasteiger partial charge in [-0.3, -0.25) is 19.7 Å². The number of carbonyl (C=O) groups is 2. The summed E-state index contributed by atoms with van der Waals surface area (Å²) in [7, 11) is 0. The lowest BCUT2D eigenvalue weighted by Gasteiger charge is -2.16. The number of carbonyl (C=O) groups excluding carboxylic acids is 1. The van der Waals surface area contributed by atoms with Gasteiger partial charge in [0.25, 0.3) is 6.47 Å². The summed E-state index contributed by atoms with van der Waals surface area (Å²) in [6.07, 6.45) is 5.51. The van der Waals surface area contributed by atoms with Crippen LogP contribution in [0.3, 0.4) is 0 Å². The van der Waals surface area contributed by atoms with Gasteiger partial charge in [0.05, 0.1) is 6.42 Å². The highest BCUT2D eigenvalue weighted by Crippen LogP contribution is 2.22. The summed E-state index contributed by atoms with van der Waals surface area (Å²) in [5, 5.41) is 23.3. The number of hydrogen-bond donors (Lipinski definition) is 3. The molecule has 9 heteroatoms. The van der Waals surface area contributed by atoms with Crippen molar-refractivity contribution in [3.63, 3.8) is 0 Å². The molecule has 1 aromatic carbocycles. The molecule has 2 aromatic heterocycles. The highest BCUT2D eigenvalue weighted by atomic mass is 16.3. The highest BCUT2D eigenvalue weighted by Gasteiger charge is 2.27. The molecule has 1 unspecified atom stereocenters. The number of amides is 1. The normalized spacial score (nSPS) is 15.3. The van der Waals surface area contributed by atoms with Crippen molar-refractivity contribution >= 4 is 12.4 Å². The minimum absolute atomic E-state index is 0.0700. The van der Waals surface area contributed by atoms with E-state index < -0.39 is 0 Å². The Balaban J connectivity index is 0.000000806. The van der Waals surface area contributed by atoms with Gasteiger partial charge in [-0.15, -0.1) is 0 Å². The number of phenols is 1. The first-order valence-electron chi connectivity index (χ1n) is 9.54. The topological polar surface area (TPSA) is 132 Å². The first kappa shape index (κ1) is 21.0. The maximum atomic E-state index is 12.6. The van der Waals surface area contributed by atoms with Crippen LogP contribution < -0.4 is 0 Å². The fraction of sp³-hybridized carbons (Fsp3) is 0.286. The van der Waals surface area contributed by atoms with Gasteiger partial charge in [0.2, 0.25) is 5.91 Å². The van der Waals surface area contributed by atoms with E-state index >= 15 is 0 Å². The molecular formula is C21H23N5O4. The first-order valence-corrected chi connectivity index (χ1v) is 9.54. The quantitative estimate of drug-likeness (QED) is 0.548. The standard InChI is InChI=1S/C20H21N5O2.CH2O2/c26-17-3-1-14(2-4-17)11-15-7-10-25(13-15)19(27)12-18-22-20(24-23-18)16-5-8-21-9-6-16;2-1-3/h1-6,8-9,15,26H,7,10-13H2,(H,22,23,24);1H,(H,2,3). The van der Waals surface area contributed by atoms with E-state index in [1.165, 1.54) is 5.56 Å². The summed E-state index contributed by atoms with van der Waals surface area (Å²) >= 11 is 0. The third kappa shape index (κ3) is 5.63. The lowest BCUT2D eigenvalue weighted by Crippen LogP contribution is -2.30. The zero-order valence-corrected chi connectivity index (χ0v) is 16.3. The van der Waals surface area contributed by atoms with E-state index in [0.29, 0.717) is 17.6 Å². The van der Waals surface area contributed by atoms with Crippen LogP contribution in [0.4, 0.5) is 0 Å². The van der Waals surface area contributed by atoms with Crippen LogP contribution in [0.15, 0.2) is 48.8 Å². The van der Waals surface area contributed by atoms with Crippen molar-refractivity contribution in [2.45, 2.75) is 19.3 Å². The van der Waals surface area contributed by atoms with Crippen molar-refractivity contribution in [2.24, 2.45) is 5.92 Å². The maximum absolute atomic E-state index is 12.6. The van der Waals surface area contributed by atoms with Gasteiger partial charge < -0.3 is 15.1 Å². The molecule has 9 nitrogen and oxygen atoms in total. The average molecular weight is 409 g/mol. The number of aromatic nitrogens is 4. The lowest BCUT2D eigenvalue weighted by atomic mass is 9.99. The third-order valence-electron chi connectivity index (χ3n) is 4.89. The van der Waals surface area contributed by atoms with Gasteiger partial charge in [-0.25, -0.2) is 4.98 Å². The molecule has 1 atom stereocenters. The SMILES string of the molecule is O=C(Cc1nc(-c2ccncc2)n[nH]1)N1CCC(Cc2ccc(O)cc2)C1.O=CO. The van der Waals surface area contributed by atoms with Crippen LogP contribution in [-0.4, -0.2) is 60.7 Å². The van der Waals surface area contributed by atoms with Crippen LogP contribution >= 0.6 is 0 Å². The number of phenolic OH excluding ortho intramolecular Hbond substituents is 1. The molecule has 1 amide bonds. The molecule has 1 fully saturated rings. The van der Waals surface area contributed by atoms with Gasteiger partial charge in [0.15, 0.2) is 5.82 Å². The number of nitrogens with one attached hydrogen (secondary N) is 1. The second kappa shape index (κ2) is 10.1. The lowest BCUT2D eigenvalue weighted by molar-refractivity contribution is -0.129. The van der Waals surface area contributed by atoms with Gasteiger partial charge in [-0.05, 0) is 48.6 Å². The first-order chi connectivity index (χ1) is 14.6. The second-order valence-corrected chi connectivity index (χ2v) is 6.99. The van der Waals surface area contributed by atoms with Gasteiger partial charge in [-0.1, -0.05) is 12.1 Å². The van der Waals surface area contributed by atoms with Crippen molar-refractivity contribution in [3.8, 4) is 17.1 Å². The van der Waals surface area contributed by atoms with E-state index in [-0.39, 0.29) is 24.5 Å². The zero-order chi connectivity index (χ0) is 21.3. The molecular weight excluding hydrogens is 386 g/mol. The molecule has 0 bridgehead atoms. The fourth-order valence-electron chi connectivity index (χ4n) is 3.45. The predicted octanol–water partition coefficient (Wildman–Crippen LogP) is 1.91. The smallest absolute Gasteiger partial charge is 0.290 e. The number of nitrogens with zero attached hydrogens (tertiary/aromatic N) is 4. The molecule has 0 aliphatic carbocycles. The molecule has 1 aliphatic heterocycles. The Morgan fingerprint density at radius 3 is 2.60 bits per heavy atom. The summed E-state index contributed by atoms with van der Waals surface area (Å²) in [5.41, 5.74) is 2.06. The molecule has 3 N–H and O–H groups in total. The molecule has 0 saturated carbocycles. The minimum atomic E-state index is -0.250. The monoisotopic (exact) mass is 409 g/mol. The fourth-order valence-corrected chi connectivity index (χ4v) is 3.45. The molecule has 0 spiro atoms. The Kier molecular flexibility index (Phi) is 7.09. The Bertz CT molecular complexity index is 959. The largest absolute Gasteiger partial charge is 0.508 e. The molecule has 3 aromatic rings. The zero-order valence-electron chi connectivity index (χ0n) is 16.3. The van der Waals surface area contributed by atoms with Gasteiger partial charge in [-0.2, -0.15) is 5.10 Å². The summed E-state index contributed by atoms with van der Waals surface area (Å²) in [5.74, 6) is 1.95. The van der Waals surface area contributed by atoms with E-state index in [9.17, 15) is 9.90 Å². The molecule has 3 heterocycles. The molecule has 4 rings (SSSR count). The van der Waals surface area contributed by atoms with E-state index in [4.69, 9.17) is 9.90 Å². The van der Waals surface area contributed by atoms with Gasteiger partial charge in [0, 0.05) is 31.0 Å².